The van der Waals surface area contributed by atoms with Crippen molar-refractivity contribution in [2.45, 2.75) is 39.5 Å². The maximum absolute atomic E-state index is 11.9. The highest BCUT2D eigenvalue weighted by Crippen LogP contribution is 2.15. The van der Waals surface area contributed by atoms with Crippen molar-refractivity contribution in [2.24, 2.45) is 0 Å². The topological polar surface area (TPSA) is 62.5 Å². The van der Waals surface area contributed by atoms with Crippen molar-refractivity contribution in [1.29, 1.82) is 0 Å². The number of anilines is 1. The third-order valence-electron chi connectivity index (χ3n) is 3.41. The molecule has 106 valence electrons. The molecule has 6 nitrogen and oxygen atoms in total. The molecule has 0 N–H and O–H groups in total. The number of aryl methyl sites for hydroxylation is 1. The number of rotatable bonds is 5. The second-order valence-corrected chi connectivity index (χ2v) is 4.80. The molecular formula is C13H22N4O2. The van der Waals surface area contributed by atoms with E-state index in [1.807, 2.05) is 11.8 Å². The number of hydrogen-bond donors (Lipinski definition) is 0. The van der Waals surface area contributed by atoms with Crippen LogP contribution < -0.4 is 4.90 Å². The predicted octanol–water partition coefficient (Wildman–Crippen LogP) is 1.47. The summed E-state index contributed by atoms with van der Waals surface area (Å²) in [5.41, 5.74) is 0. The second kappa shape index (κ2) is 6.54. The largest absolute Gasteiger partial charge is 0.408 e. The molecule has 1 fully saturated rings. The summed E-state index contributed by atoms with van der Waals surface area (Å²) in [5.74, 6) is 0.928. The molecule has 1 amide bonds. The van der Waals surface area contributed by atoms with Gasteiger partial charge in [0.1, 0.15) is 0 Å². The fourth-order valence-corrected chi connectivity index (χ4v) is 2.15. The van der Waals surface area contributed by atoms with Gasteiger partial charge in [0, 0.05) is 39.0 Å². The molecule has 1 aliphatic heterocycles. The first-order valence-corrected chi connectivity index (χ1v) is 7.09. The van der Waals surface area contributed by atoms with E-state index in [0.717, 1.165) is 45.4 Å². The zero-order valence-electron chi connectivity index (χ0n) is 11.8. The van der Waals surface area contributed by atoms with Crippen LogP contribution >= 0.6 is 0 Å². The number of aromatic nitrogens is 2. The summed E-state index contributed by atoms with van der Waals surface area (Å²) >= 11 is 0. The van der Waals surface area contributed by atoms with Gasteiger partial charge in [0.15, 0.2) is 0 Å². The van der Waals surface area contributed by atoms with Crippen LogP contribution in [0.25, 0.3) is 0 Å². The molecule has 0 spiro atoms. The molecule has 0 atom stereocenters. The lowest BCUT2D eigenvalue weighted by Crippen LogP contribution is -2.48. The van der Waals surface area contributed by atoms with Gasteiger partial charge in [-0.05, 0) is 6.42 Å². The van der Waals surface area contributed by atoms with Gasteiger partial charge in [0.2, 0.25) is 11.8 Å². The molecule has 6 heteroatoms. The fourth-order valence-electron chi connectivity index (χ4n) is 2.15. The van der Waals surface area contributed by atoms with E-state index in [0.29, 0.717) is 18.3 Å². The van der Waals surface area contributed by atoms with E-state index >= 15 is 0 Å². The minimum atomic E-state index is 0.265. The molecule has 0 radical (unpaired) electrons. The molecule has 0 unspecified atom stereocenters. The first-order chi connectivity index (χ1) is 9.24. The van der Waals surface area contributed by atoms with Crippen molar-refractivity contribution in [3.8, 4) is 0 Å². The quantitative estimate of drug-likeness (QED) is 0.807. The third-order valence-corrected chi connectivity index (χ3v) is 3.41. The minimum Gasteiger partial charge on any atom is -0.408 e. The van der Waals surface area contributed by atoms with Gasteiger partial charge in [0.05, 0.1) is 0 Å². The predicted molar refractivity (Wildman–Crippen MR) is 72.0 cm³/mol. The number of unbranched alkanes of at least 4 members (excludes halogenated alkanes) is 1. The Hall–Kier alpha value is -1.59. The van der Waals surface area contributed by atoms with Gasteiger partial charge in [-0.2, -0.15) is 0 Å². The van der Waals surface area contributed by atoms with Gasteiger partial charge >= 0.3 is 6.01 Å². The number of amides is 1. The minimum absolute atomic E-state index is 0.265. The highest BCUT2D eigenvalue weighted by molar-refractivity contribution is 5.76. The second-order valence-electron chi connectivity index (χ2n) is 4.80. The zero-order chi connectivity index (χ0) is 13.7. The molecule has 0 bridgehead atoms. The summed E-state index contributed by atoms with van der Waals surface area (Å²) in [6.07, 6.45) is 3.45. The highest BCUT2D eigenvalue weighted by atomic mass is 16.4. The average molecular weight is 266 g/mol. The SMILES string of the molecule is CCCCC(=O)N1CCN(c2nnc(CC)o2)CC1. The van der Waals surface area contributed by atoms with E-state index in [2.05, 4.69) is 22.0 Å². The molecule has 1 aromatic rings. The van der Waals surface area contributed by atoms with E-state index in [1.165, 1.54) is 0 Å². The Morgan fingerprint density at radius 2 is 1.95 bits per heavy atom. The standard InChI is InChI=1S/C13H22N4O2/c1-3-5-6-12(18)16-7-9-17(10-8-16)13-15-14-11(4-2)19-13/h3-10H2,1-2H3. The fraction of sp³-hybridized carbons (Fsp3) is 0.769. The Balaban J connectivity index is 1.83. The number of carbonyl (C=O) groups excluding carboxylic acids is 1. The van der Waals surface area contributed by atoms with Crippen molar-refractivity contribution in [3.63, 3.8) is 0 Å². The molecule has 0 aromatic carbocycles. The van der Waals surface area contributed by atoms with Crippen molar-refractivity contribution in [2.75, 3.05) is 31.1 Å². The summed E-state index contributed by atoms with van der Waals surface area (Å²) in [6, 6.07) is 0.581. The average Bonchev–Trinajstić information content (AvgIpc) is 2.94. The maximum atomic E-state index is 11.9. The Morgan fingerprint density at radius 1 is 1.21 bits per heavy atom. The molecule has 2 heterocycles. The molecule has 2 rings (SSSR count). The van der Waals surface area contributed by atoms with Crippen LogP contribution in [0, 0.1) is 0 Å². The lowest BCUT2D eigenvalue weighted by molar-refractivity contribution is -0.131. The monoisotopic (exact) mass is 266 g/mol. The van der Waals surface area contributed by atoms with Crippen LogP contribution in [0.3, 0.4) is 0 Å². The molecule has 19 heavy (non-hydrogen) atoms. The summed E-state index contributed by atoms with van der Waals surface area (Å²) in [4.78, 5) is 15.9. The van der Waals surface area contributed by atoms with Crippen LogP contribution in [0.4, 0.5) is 6.01 Å². The Morgan fingerprint density at radius 3 is 2.53 bits per heavy atom. The highest BCUT2D eigenvalue weighted by Gasteiger charge is 2.23. The normalized spacial score (nSPS) is 15.9. The van der Waals surface area contributed by atoms with Crippen molar-refractivity contribution >= 4 is 11.9 Å². The van der Waals surface area contributed by atoms with Crippen LogP contribution in [0.5, 0.6) is 0 Å². The van der Waals surface area contributed by atoms with Crippen molar-refractivity contribution in [3.05, 3.63) is 5.89 Å². The van der Waals surface area contributed by atoms with Gasteiger partial charge in [-0.15, -0.1) is 5.10 Å². The third kappa shape index (κ3) is 3.45. The van der Waals surface area contributed by atoms with Crippen molar-refractivity contribution < 1.29 is 9.21 Å². The van der Waals surface area contributed by atoms with Gasteiger partial charge in [0.25, 0.3) is 0 Å². The van der Waals surface area contributed by atoms with Gasteiger partial charge < -0.3 is 14.2 Å². The summed E-state index contributed by atoms with van der Waals surface area (Å²) in [6.45, 7) is 7.11. The number of piperazine rings is 1. The Kier molecular flexibility index (Phi) is 4.76. The lowest BCUT2D eigenvalue weighted by atomic mass is 10.2. The van der Waals surface area contributed by atoms with Crippen molar-refractivity contribution in [1.82, 2.24) is 15.1 Å². The summed E-state index contributed by atoms with van der Waals surface area (Å²) in [7, 11) is 0. The van der Waals surface area contributed by atoms with E-state index in [4.69, 9.17) is 4.42 Å². The number of nitrogens with zero attached hydrogens (tertiary/aromatic N) is 4. The number of hydrogen-bond acceptors (Lipinski definition) is 5. The van der Waals surface area contributed by atoms with E-state index < -0.39 is 0 Å². The molecule has 0 aliphatic carbocycles. The lowest BCUT2D eigenvalue weighted by Gasteiger charge is -2.33. The van der Waals surface area contributed by atoms with Crippen LogP contribution in [0.2, 0.25) is 0 Å². The first kappa shape index (κ1) is 13.8. The zero-order valence-corrected chi connectivity index (χ0v) is 11.8. The Labute approximate surface area is 113 Å². The Bertz CT molecular complexity index is 411. The van der Waals surface area contributed by atoms with E-state index in [1.54, 1.807) is 0 Å². The molecule has 0 saturated carbocycles. The smallest absolute Gasteiger partial charge is 0.318 e. The summed E-state index contributed by atoms with van der Waals surface area (Å²) in [5, 5.41) is 8.00. The van der Waals surface area contributed by atoms with Crippen LogP contribution in [-0.2, 0) is 11.2 Å². The van der Waals surface area contributed by atoms with E-state index in [9.17, 15) is 4.79 Å². The number of carbonyl (C=O) groups is 1. The van der Waals surface area contributed by atoms with Gasteiger partial charge in [-0.3, -0.25) is 4.79 Å². The van der Waals surface area contributed by atoms with E-state index in [-0.39, 0.29) is 5.91 Å². The molecule has 1 saturated heterocycles. The summed E-state index contributed by atoms with van der Waals surface area (Å²) < 4.78 is 5.53. The molecule has 1 aliphatic rings. The first-order valence-electron chi connectivity index (χ1n) is 7.09. The maximum Gasteiger partial charge on any atom is 0.318 e. The van der Waals surface area contributed by atoms with Gasteiger partial charge in [-0.25, -0.2) is 0 Å². The van der Waals surface area contributed by atoms with Crippen LogP contribution in [0.1, 0.15) is 39.0 Å². The van der Waals surface area contributed by atoms with Crippen LogP contribution in [0.15, 0.2) is 4.42 Å². The van der Waals surface area contributed by atoms with Gasteiger partial charge in [-0.1, -0.05) is 25.4 Å². The molecule has 1 aromatic heterocycles. The molecular weight excluding hydrogens is 244 g/mol. The van der Waals surface area contributed by atoms with Crippen LogP contribution in [-0.4, -0.2) is 47.2 Å².